The normalized spacial score (nSPS) is 10.4. The van der Waals surface area contributed by atoms with Gasteiger partial charge < -0.3 is 10.4 Å². The Labute approximate surface area is 101 Å². The third-order valence-corrected chi connectivity index (χ3v) is 2.02. The summed E-state index contributed by atoms with van der Waals surface area (Å²) < 4.78 is 0. The van der Waals surface area contributed by atoms with Crippen molar-refractivity contribution < 1.29 is 9.90 Å². The van der Waals surface area contributed by atoms with Crippen LogP contribution in [0.2, 0.25) is 0 Å². The highest BCUT2D eigenvalue weighted by Crippen LogP contribution is 2.17. The molecule has 1 rings (SSSR count). The van der Waals surface area contributed by atoms with E-state index in [1.54, 1.807) is 18.3 Å². The molecule has 4 heteroatoms. The van der Waals surface area contributed by atoms with E-state index in [0.29, 0.717) is 11.4 Å². The maximum absolute atomic E-state index is 11.8. The lowest BCUT2D eigenvalue weighted by Gasteiger charge is -2.17. The number of aliphatic hydroxyl groups is 1. The van der Waals surface area contributed by atoms with Crippen LogP contribution in [0.3, 0.4) is 0 Å². The van der Waals surface area contributed by atoms with E-state index >= 15 is 0 Å². The van der Waals surface area contributed by atoms with Gasteiger partial charge in [-0.25, -0.2) is 4.98 Å². The summed E-state index contributed by atoms with van der Waals surface area (Å²) in [5.41, 5.74) is 0.110. The van der Waals surface area contributed by atoms with Gasteiger partial charge in [0.1, 0.15) is 12.4 Å². The van der Waals surface area contributed by atoms with Crippen molar-refractivity contribution in [1.29, 1.82) is 0 Å². The third kappa shape index (κ3) is 3.89. The first-order chi connectivity index (χ1) is 7.95. The first-order valence-corrected chi connectivity index (χ1v) is 5.31. The zero-order valence-electron chi connectivity index (χ0n) is 10.2. The number of hydrogen-bond acceptors (Lipinski definition) is 3. The summed E-state index contributed by atoms with van der Waals surface area (Å²) in [6, 6.07) is 3.47. The van der Waals surface area contributed by atoms with E-state index in [1.165, 1.54) is 0 Å². The van der Waals surface area contributed by atoms with E-state index in [4.69, 9.17) is 5.11 Å². The zero-order chi connectivity index (χ0) is 12.9. The van der Waals surface area contributed by atoms with Crippen LogP contribution in [0.25, 0.3) is 0 Å². The van der Waals surface area contributed by atoms with Crippen LogP contribution in [0.15, 0.2) is 18.3 Å². The molecule has 0 spiro atoms. The van der Waals surface area contributed by atoms with Crippen molar-refractivity contribution >= 4 is 11.7 Å². The lowest BCUT2D eigenvalue weighted by molar-refractivity contribution is -0.123. The highest BCUT2D eigenvalue weighted by Gasteiger charge is 2.22. The molecule has 1 amide bonds. The monoisotopic (exact) mass is 232 g/mol. The van der Waals surface area contributed by atoms with Gasteiger partial charge in [-0.05, 0) is 12.1 Å². The molecule has 0 bridgehead atoms. The van der Waals surface area contributed by atoms with Gasteiger partial charge in [0, 0.05) is 11.6 Å². The molecule has 0 atom stereocenters. The summed E-state index contributed by atoms with van der Waals surface area (Å²) in [5, 5.41) is 11.4. The number of anilines is 1. The molecular weight excluding hydrogens is 216 g/mol. The highest BCUT2D eigenvalue weighted by molar-refractivity contribution is 5.94. The number of amides is 1. The summed E-state index contributed by atoms with van der Waals surface area (Å²) in [5.74, 6) is 5.58. The minimum Gasteiger partial charge on any atom is -0.384 e. The maximum Gasteiger partial charge on any atom is 0.230 e. The highest BCUT2D eigenvalue weighted by atomic mass is 16.2. The lowest BCUT2D eigenvalue weighted by atomic mass is 9.95. The molecule has 0 radical (unpaired) electrons. The van der Waals surface area contributed by atoms with Crippen molar-refractivity contribution in [3.63, 3.8) is 0 Å². The second-order valence-electron chi connectivity index (χ2n) is 4.56. The van der Waals surface area contributed by atoms with E-state index in [1.807, 2.05) is 20.8 Å². The van der Waals surface area contributed by atoms with E-state index in [0.717, 1.165) is 0 Å². The molecular formula is C13H16N2O2. The van der Waals surface area contributed by atoms with Gasteiger partial charge in [0.05, 0.1) is 5.56 Å². The van der Waals surface area contributed by atoms with Crippen LogP contribution in [0, 0.1) is 17.3 Å². The Balaban J connectivity index is 2.95. The minimum absolute atomic E-state index is 0.122. The molecule has 0 unspecified atom stereocenters. The van der Waals surface area contributed by atoms with Crippen LogP contribution >= 0.6 is 0 Å². The second kappa shape index (κ2) is 5.46. The molecule has 0 saturated carbocycles. The molecule has 1 aromatic rings. The summed E-state index contributed by atoms with van der Waals surface area (Å²) in [4.78, 5) is 15.9. The summed E-state index contributed by atoms with van der Waals surface area (Å²) in [6.07, 6.45) is 1.59. The predicted octanol–water partition coefficient (Wildman–Crippen LogP) is 1.41. The summed E-state index contributed by atoms with van der Waals surface area (Å²) >= 11 is 0. The average Bonchev–Trinajstić information content (AvgIpc) is 2.26. The number of aromatic nitrogens is 1. The van der Waals surface area contributed by atoms with Gasteiger partial charge in [-0.1, -0.05) is 32.6 Å². The Bertz CT molecular complexity index is 464. The minimum atomic E-state index is -0.487. The number of carbonyl (C=O) groups is 1. The number of aliphatic hydroxyl groups excluding tert-OH is 1. The van der Waals surface area contributed by atoms with Crippen molar-refractivity contribution in [2.75, 3.05) is 11.9 Å². The Morgan fingerprint density at radius 2 is 2.24 bits per heavy atom. The molecule has 1 aromatic heterocycles. The Morgan fingerprint density at radius 3 is 2.82 bits per heavy atom. The fourth-order valence-electron chi connectivity index (χ4n) is 1.04. The molecule has 0 aliphatic carbocycles. The molecule has 0 saturated heterocycles. The van der Waals surface area contributed by atoms with Crippen molar-refractivity contribution in [2.24, 2.45) is 5.41 Å². The van der Waals surface area contributed by atoms with Gasteiger partial charge in [0.2, 0.25) is 5.91 Å². The zero-order valence-corrected chi connectivity index (χ0v) is 10.2. The topological polar surface area (TPSA) is 62.2 Å². The maximum atomic E-state index is 11.8. The molecule has 90 valence electrons. The lowest BCUT2D eigenvalue weighted by Crippen LogP contribution is -2.28. The molecule has 0 aromatic carbocycles. The number of rotatable bonds is 1. The van der Waals surface area contributed by atoms with Crippen LogP contribution in [-0.2, 0) is 4.79 Å². The van der Waals surface area contributed by atoms with Crippen molar-refractivity contribution in [3.8, 4) is 11.8 Å². The van der Waals surface area contributed by atoms with Gasteiger partial charge in [0.25, 0.3) is 0 Å². The van der Waals surface area contributed by atoms with Crippen molar-refractivity contribution in [2.45, 2.75) is 20.8 Å². The Hall–Kier alpha value is -1.86. The van der Waals surface area contributed by atoms with Gasteiger partial charge in [-0.15, -0.1) is 0 Å². The second-order valence-corrected chi connectivity index (χ2v) is 4.56. The molecule has 1 heterocycles. The standard InChI is InChI=1S/C13H16N2O2/c1-13(2,3)12(17)15-11-10(7-5-9-16)6-4-8-14-11/h4,6,8,16H,9H2,1-3H3,(H,14,15,17). The molecule has 0 aliphatic rings. The number of hydrogen-bond donors (Lipinski definition) is 2. The van der Waals surface area contributed by atoms with Crippen LogP contribution in [0.1, 0.15) is 26.3 Å². The Kier molecular flexibility index (Phi) is 4.24. The van der Waals surface area contributed by atoms with E-state index in [-0.39, 0.29) is 12.5 Å². The molecule has 4 nitrogen and oxygen atoms in total. The first kappa shape index (κ1) is 13.2. The summed E-state index contributed by atoms with van der Waals surface area (Å²) in [6.45, 7) is 5.25. The average molecular weight is 232 g/mol. The number of pyridine rings is 1. The van der Waals surface area contributed by atoms with Crippen LogP contribution in [-0.4, -0.2) is 22.6 Å². The largest absolute Gasteiger partial charge is 0.384 e. The quantitative estimate of drug-likeness (QED) is 0.720. The van der Waals surface area contributed by atoms with Crippen molar-refractivity contribution in [1.82, 2.24) is 4.98 Å². The van der Waals surface area contributed by atoms with Gasteiger partial charge in [-0.3, -0.25) is 4.79 Å². The first-order valence-electron chi connectivity index (χ1n) is 5.31. The van der Waals surface area contributed by atoms with Crippen LogP contribution in [0.4, 0.5) is 5.82 Å². The van der Waals surface area contributed by atoms with Gasteiger partial charge in [-0.2, -0.15) is 0 Å². The smallest absolute Gasteiger partial charge is 0.230 e. The van der Waals surface area contributed by atoms with E-state index in [9.17, 15) is 4.79 Å². The molecule has 2 N–H and O–H groups in total. The third-order valence-electron chi connectivity index (χ3n) is 2.02. The molecule has 17 heavy (non-hydrogen) atoms. The van der Waals surface area contributed by atoms with Crippen molar-refractivity contribution in [3.05, 3.63) is 23.9 Å². The Morgan fingerprint density at radius 1 is 1.53 bits per heavy atom. The van der Waals surface area contributed by atoms with E-state index in [2.05, 4.69) is 22.1 Å². The number of carbonyl (C=O) groups excluding carboxylic acids is 1. The fourth-order valence-corrected chi connectivity index (χ4v) is 1.04. The number of nitrogens with zero attached hydrogens (tertiary/aromatic N) is 1. The van der Waals surface area contributed by atoms with E-state index < -0.39 is 5.41 Å². The van der Waals surface area contributed by atoms with Crippen LogP contribution < -0.4 is 5.32 Å². The van der Waals surface area contributed by atoms with Crippen LogP contribution in [0.5, 0.6) is 0 Å². The predicted molar refractivity (Wildman–Crippen MR) is 66.3 cm³/mol. The van der Waals surface area contributed by atoms with Gasteiger partial charge >= 0.3 is 0 Å². The SMILES string of the molecule is CC(C)(C)C(=O)Nc1ncccc1C#CCO. The fraction of sp³-hybridized carbons (Fsp3) is 0.385. The summed E-state index contributed by atoms with van der Waals surface area (Å²) in [7, 11) is 0. The number of nitrogens with one attached hydrogen (secondary N) is 1. The van der Waals surface area contributed by atoms with Gasteiger partial charge in [0.15, 0.2) is 0 Å². The molecule has 0 fully saturated rings. The molecule has 0 aliphatic heterocycles.